The lowest BCUT2D eigenvalue weighted by Gasteiger charge is -2.20. The fourth-order valence-electron chi connectivity index (χ4n) is 3.27. The zero-order valence-electron chi connectivity index (χ0n) is 17.3. The number of carbonyl (C=O) groups excluding carboxylic acids is 1. The Kier molecular flexibility index (Phi) is 6.20. The average Bonchev–Trinajstić information content (AvgIpc) is 3.05. The second-order valence-electron chi connectivity index (χ2n) is 8.10. The molecule has 1 aromatic carbocycles. The lowest BCUT2D eigenvalue weighted by atomic mass is 10.0. The minimum absolute atomic E-state index is 0.0453. The fraction of sp³-hybridized carbons (Fsp3) is 0.375. The molecule has 3 aromatic rings. The summed E-state index contributed by atoms with van der Waals surface area (Å²) >= 11 is 0. The molecule has 2 aromatic heterocycles. The monoisotopic (exact) mass is 378 g/mol. The Labute approximate surface area is 167 Å². The van der Waals surface area contributed by atoms with Gasteiger partial charge in [0.05, 0.1) is 12.3 Å². The van der Waals surface area contributed by atoms with Crippen LogP contribution < -0.4 is 10.1 Å². The number of hydrogen-bond acceptors (Lipinski definition) is 3. The molecule has 3 rings (SSSR count). The molecule has 0 aliphatic heterocycles. The van der Waals surface area contributed by atoms with Crippen molar-refractivity contribution < 1.29 is 9.53 Å². The van der Waals surface area contributed by atoms with Gasteiger partial charge in [-0.3, -0.25) is 4.79 Å². The van der Waals surface area contributed by atoms with E-state index < -0.39 is 0 Å². The maximum Gasteiger partial charge on any atom is 0.210 e. The van der Waals surface area contributed by atoms with Crippen LogP contribution >= 0.6 is 0 Å². The maximum atomic E-state index is 13.1. The molecule has 28 heavy (non-hydrogen) atoms. The maximum absolute atomic E-state index is 13.1. The molecule has 0 aliphatic carbocycles. The van der Waals surface area contributed by atoms with Crippen LogP contribution in [0.5, 0.6) is 5.75 Å². The van der Waals surface area contributed by atoms with Gasteiger partial charge >= 0.3 is 0 Å². The summed E-state index contributed by atoms with van der Waals surface area (Å²) in [6.07, 6.45) is 3.71. The molecule has 0 atom stereocenters. The fourth-order valence-corrected chi connectivity index (χ4v) is 3.27. The number of aromatic nitrogens is 1. The number of benzene rings is 1. The summed E-state index contributed by atoms with van der Waals surface area (Å²) in [6.45, 7) is 10.1. The molecule has 0 fully saturated rings. The number of fused-ring (bicyclic) bond motifs is 1. The van der Waals surface area contributed by atoms with Gasteiger partial charge in [0.2, 0.25) is 5.78 Å². The van der Waals surface area contributed by atoms with E-state index in [9.17, 15) is 4.79 Å². The van der Waals surface area contributed by atoms with Gasteiger partial charge < -0.3 is 14.5 Å². The van der Waals surface area contributed by atoms with Crippen LogP contribution in [0.2, 0.25) is 0 Å². The topological polar surface area (TPSA) is 42.7 Å². The van der Waals surface area contributed by atoms with Gasteiger partial charge in [-0.1, -0.05) is 13.0 Å². The molecule has 0 amide bonds. The second kappa shape index (κ2) is 8.61. The van der Waals surface area contributed by atoms with E-state index in [4.69, 9.17) is 4.74 Å². The van der Waals surface area contributed by atoms with E-state index in [1.807, 2.05) is 53.1 Å². The highest BCUT2D eigenvalue weighted by Gasteiger charge is 2.18. The van der Waals surface area contributed by atoms with Crippen LogP contribution in [0.1, 0.15) is 55.7 Å². The van der Waals surface area contributed by atoms with E-state index in [1.54, 1.807) is 0 Å². The lowest BCUT2D eigenvalue weighted by Crippen LogP contribution is -2.36. The number of nitrogens with one attached hydrogen (secondary N) is 1. The molecule has 0 saturated carbocycles. The molecule has 0 bridgehead atoms. The smallest absolute Gasteiger partial charge is 0.210 e. The molecule has 0 aliphatic rings. The zero-order chi connectivity index (χ0) is 20.1. The highest BCUT2D eigenvalue weighted by molar-refractivity contribution is 6.09. The number of rotatable bonds is 8. The van der Waals surface area contributed by atoms with Gasteiger partial charge in [0, 0.05) is 22.8 Å². The second-order valence-corrected chi connectivity index (χ2v) is 8.10. The van der Waals surface area contributed by atoms with Gasteiger partial charge in [0.25, 0.3) is 0 Å². The van der Waals surface area contributed by atoms with E-state index >= 15 is 0 Å². The third-order valence-electron chi connectivity index (χ3n) is 4.72. The first-order valence-electron chi connectivity index (χ1n) is 10.0. The Balaban J connectivity index is 1.66. The minimum atomic E-state index is 0.0453. The molecule has 0 saturated heterocycles. The standard InChI is InChI=1S/C24H30N2O2/c1-5-18-17-20-9-6-7-15-26(20)22(18)23(27)19-10-12-21(13-11-19)28-16-8-14-25-24(2,3)4/h6-7,9-13,15,17,25H,5,8,14,16H2,1-4H3. The summed E-state index contributed by atoms with van der Waals surface area (Å²) in [7, 11) is 0. The number of carbonyl (C=O) groups is 1. The van der Waals surface area contributed by atoms with Crippen LogP contribution in [0.25, 0.3) is 5.52 Å². The summed E-state index contributed by atoms with van der Waals surface area (Å²) in [4.78, 5) is 13.1. The molecule has 4 heteroatoms. The highest BCUT2D eigenvalue weighted by Crippen LogP contribution is 2.22. The first kappa shape index (κ1) is 20.2. The third kappa shape index (κ3) is 4.82. The number of nitrogens with zero attached hydrogens (tertiary/aromatic N) is 1. The zero-order valence-corrected chi connectivity index (χ0v) is 17.3. The lowest BCUT2D eigenvalue weighted by molar-refractivity contribution is 0.103. The van der Waals surface area contributed by atoms with Crippen molar-refractivity contribution in [2.24, 2.45) is 0 Å². The first-order chi connectivity index (χ1) is 13.4. The van der Waals surface area contributed by atoms with Gasteiger partial charge in [0.1, 0.15) is 5.75 Å². The van der Waals surface area contributed by atoms with Crippen molar-refractivity contribution in [3.05, 3.63) is 71.5 Å². The molecular weight excluding hydrogens is 348 g/mol. The van der Waals surface area contributed by atoms with Crippen LogP contribution in [-0.2, 0) is 6.42 Å². The van der Waals surface area contributed by atoms with Gasteiger partial charge in [0.15, 0.2) is 0 Å². The van der Waals surface area contributed by atoms with Crippen LogP contribution in [-0.4, -0.2) is 28.9 Å². The number of hydrogen-bond donors (Lipinski definition) is 1. The van der Waals surface area contributed by atoms with Crippen molar-refractivity contribution in [3.63, 3.8) is 0 Å². The summed E-state index contributed by atoms with van der Waals surface area (Å²) in [6, 6.07) is 15.5. The van der Waals surface area contributed by atoms with Gasteiger partial charge in [-0.25, -0.2) is 0 Å². The summed E-state index contributed by atoms with van der Waals surface area (Å²) in [5.74, 6) is 0.840. The number of ether oxygens (including phenoxy) is 1. The molecular formula is C24H30N2O2. The van der Waals surface area contributed by atoms with E-state index in [0.29, 0.717) is 12.2 Å². The first-order valence-corrected chi connectivity index (χ1v) is 10.0. The van der Waals surface area contributed by atoms with E-state index in [2.05, 4.69) is 39.1 Å². The molecule has 0 unspecified atom stereocenters. The van der Waals surface area contributed by atoms with Crippen LogP contribution in [0.4, 0.5) is 0 Å². The van der Waals surface area contributed by atoms with Gasteiger partial charge in [-0.2, -0.15) is 0 Å². The highest BCUT2D eigenvalue weighted by atomic mass is 16.5. The Morgan fingerprint density at radius 3 is 2.54 bits per heavy atom. The number of pyridine rings is 1. The average molecular weight is 379 g/mol. The Morgan fingerprint density at radius 1 is 1.11 bits per heavy atom. The van der Waals surface area contributed by atoms with Crippen molar-refractivity contribution >= 4 is 11.3 Å². The molecule has 0 spiro atoms. The van der Waals surface area contributed by atoms with Crippen molar-refractivity contribution in [1.29, 1.82) is 0 Å². The summed E-state index contributed by atoms with van der Waals surface area (Å²) < 4.78 is 7.78. The largest absolute Gasteiger partial charge is 0.494 e. The molecule has 4 nitrogen and oxygen atoms in total. The van der Waals surface area contributed by atoms with Crippen molar-refractivity contribution in [2.45, 2.75) is 46.1 Å². The predicted molar refractivity (Wildman–Crippen MR) is 115 cm³/mol. The van der Waals surface area contributed by atoms with Crippen LogP contribution in [0.15, 0.2) is 54.7 Å². The van der Waals surface area contributed by atoms with Gasteiger partial charge in [-0.15, -0.1) is 0 Å². The Morgan fingerprint density at radius 2 is 1.86 bits per heavy atom. The molecule has 2 heterocycles. The van der Waals surface area contributed by atoms with Crippen molar-refractivity contribution in [1.82, 2.24) is 9.72 Å². The number of ketones is 1. The Bertz CT molecular complexity index is 933. The van der Waals surface area contributed by atoms with Crippen LogP contribution in [0, 0.1) is 0 Å². The van der Waals surface area contributed by atoms with Crippen molar-refractivity contribution in [2.75, 3.05) is 13.2 Å². The van der Waals surface area contributed by atoms with E-state index in [1.165, 1.54) is 0 Å². The summed E-state index contributed by atoms with van der Waals surface area (Å²) in [5.41, 5.74) is 3.68. The van der Waals surface area contributed by atoms with E-state index in [0.717, 1.165) is 41.9 Å². The normalized spacial score (nSPS) is 11.7. The van der Waals surface area contributed by atoms with Crippen molar-refractivity contribution in [3.8, 4) is 5.75 Å². The third-order valence-corrected chi connectivity index (χ3v) is 4.72. The summed E-state index contributed by atoms with van der Waals surface area (Å²) in [5, 5.41) is 3.45. The van der Waals surface area contributed by atoms with E-state index in [-0.39, 0.29) is 11.3 Å². The minimum Gasteiger partial charge on any atom is -0.494 e. The predicted octanol–water partition coefficient (Wildman–Crippen LogP) is 4.89. The van der Waals surface area contributed by atoms with Gasteiger partial charge in [-0.05, 0) is 88.2 Å². The quantitative estimate of drug-likeness (QED) is 0.448. The number of aryl methyl sites for hydroxylation is 1. The molecule has 148 valence electrons. The molecule has 1 N–H and O–H groups in total. The molecule has 0 radical (unpaired) electrons. The Hall–Kier alpha value is -2.59. The SMILES string of the molecule is CCc1cc2ccccn2c1C(=O)c1ccc(OCCCNC(C)(C)C)cc1. The van der Waals surface area contributed by atoms with Crippen LogP contribution in [0.3, 0.4) is 0 Å².